The van der Waals surface area contributed by atoms with E-state index in [9.17, 15) is 18.0 Å². The summed E-state index contributed by atoms with van der Waals surface area (Å²) in [4.78, 5) is 19.5. The van der Waals surface area contributed by atoms with Crippen molar-refractivity contribution in [2.45, 2.75) is 58.7 Å². The van der Waals surface area contributed by atoms with Gasteiger partial charge in [-0.25, -0.2) is 4.79 Å². The number of alkyl halides is 3. The van der Waals surface area contributed by atoms with Crippen molar-refractivity contribution >= 4 is 6.09 Å². The Morgan fingerprint density at radius 3 is 2.21 bits per heavy atom. The lowest BCUT2D eigenvalue weighted by Crippen LogP contribution is -2.50. The lowest BCUT2D eigenvalue weighted by atomic mass is 10.2. The van der Waals surface area contributed by atoms with E-state index < -0.39 is 17.3 Å². The van der Waals surface area contributed by atoms with Crippen LogP contribution in [0.25, 0.3) is 0 Å². The Morgan fingerprint density at radius 2 is 1.79 bits per heavy atom. The first kappa shape index (κ1) is 24.2. The minimum atomic E-state index is -4.27. The molecule has 8 heteroatoms. The summed E-state index contributed by atoms with van der Waals surface area (Å²) < 4.78 is 40.6. The molecule has 0 spiro atoms. The number of aromatic nitrogens is 1. The minimum absolute atomic E-state index is 0.171. The molecular formula is C20H32F3N3O2. The standard InChI is InChI=1S/C14H28N2O2.C6H4F3N/c1-5-6-7-8-15-9-11-16(12-10-15)13(17)18-14(2,3)4;7-6(8,9)5-2-1-3-10-4-5/h5-12H2,1-4H3;1-4H. The SMILES string of the molecule is CCCCCN1CCN(C(=O)OC(C)(C)C)CC1.FC(F)(F)c1cccnc1. The van der Waals surface area contributed by atoms with Gasteiger partial charge in [0, 0.05) is 38.6 Å². The number of carbonyl (C=O) groups excluding carboxylic acids is 1. The summed E-state index contributed by atoms with van der Waals surface area (Å²) in [5.41, 5.74) is -1.11. The smallest absolute Gasteiger partial charge is 0.417 e. The number of ether oxygens (including phenoxy) is 1. The normalized spacial score (nSPS) is 15.6. The molecule has 0 radical (unpaired) electrons. The lowest BCUT2D eigenvalue weighted by Gasteiger charge is -2.35. The zero-order valence-electron chi connectivity index (χ0n) is 17.3. The molecule has 28 heavy (non-hydrogen) atoms. The van der Waals surface area contributed by atoms with Crippen LogP contribution in [0, 0.1) is 0 Å². The molecule has 2 heterocycles. The van der Waals surface area contributed by atoms with E-state index in [1.54, 1.807) is 0 Å². The molecule has 160 valence electrons. The van der Waals surface area contributed by atoms with Gasteiger partial charge in [0.1, 0.15) is 5.60 Å². The summed E-state index contributed by atoms with van der Waals surface area (Å²) in [6, 6.07) is 2.23. The van der Waals surface area contributed by atoms with E-state index in [-0.39, 0.29) is 6.09 Å². The summed E-state index contributed by atoms with van der Waals surface area (Å²) in [6.45, 7) is 12.6. The molecular weight excluding hydrogens is 371 g/mol. The number of hydrogen-bond donors (Lipinski definition) is 0. The zero-order chi connectivity index (χ0) is 21.2. The Bertz CT molecular complexity index is 566. The Labute approximate surface area is 165 Å². The second-order valence-electron chi connectivity index (χ2n) is 7.76. The van der Waals surface area contributed by atoms with E-state index in [1.165, 1.54) is 31.5 Å². The third-order valence-electron chi connectivity index (χ3n) is 4.09. The zero-order valence-corrected chi connectivity index (χ0v) is 17.3. The van der Waals surface area contributed by atoms with Crippen LogP contribution in [0.1, 0.15) is 52.5 Å². The molecule has 1 saturated heterocycles. The maximum atomic E-state index is 11.9. The quantitative estimate of drug-likeness (QED) is 0.676. The summed E-state index contributed by atoms with van der Waals surface area (Å²) in [5.74, 6) is 0. The Morgan fingerprint density at radius 1 is 1.14 bits per heavy atom. The van der Waals surface area contributed by atoms with Gasteiger partial charge in [-0.2, -0.15) is 13.2 Å². The fourth-order valence-corrected chi connectivity index (χ4v) is 2.60. The van der Waals surface area contributed by atoms with Gasteiger partial charge in [0.05, 0.1) is 5.56 Å². The van der Waals surface area contributed by atoms with Crippen LogP contribution in [0.4, 0.5) is 18.0 Å². The van der Waals surface area contributed by atoms with Crippen molar-refractivity contribution in [3.63, 3.8) is 0 Å². The van der Waals surface area contributed by atoms with Crippen LogP contribution in [-0.4, -0.2) is 59.2 Å². The number of unbranched alkanes of at least 4 members (excludes halogenated alkanes) is 2. The van der Waals surface area contributed by atoms with Crippen LogP contribution < -0.4 is 0 Å². The first-order valence-corrected chi connectivity index (χ1v) is 9.70. The van der Waals surface area contributed by atoms with Crippen molar-refractivity contribution in [1.82, 2.24) is 14.8 Å². The van der Waals surface area contributed by atoms with Gasteiger partial charge in [-0.3, -0.25) is 9.88 Å². The topological polar surface area (TPSA) is 45.7 Å². The van der Waals surface area contributed by atoms with Gasteiger partial charge in [-0.15, -0.1) is 0 Å². The predicted octanol–water partition coefficient (Wildman–Crippen LogP) is 4.83. The third-order valence-corrected chi connectivity index (χ3v) is 4.09. The van der Waals surface area contributed by atoms with Crippen LogP contribution in [0.3, 0.4) is 0 Å². The molecule has 1 amide bonds. The van der Waals surface area contributed by atoms with Gasteiger partial charge >= 0.3 is 12.3 Å². The van der Waals surface area contributed by atoms with E-state index in [2.05, 4.69) is 16.8 Å². The molecule has 1 aromatic rings. The van der Waals surface area contributed by atoms with Crippen molar-refractivity contribution in [2.24, 2.45) is 0 Å². The number of carbonyl (C=O) groups is 1. The monoisotopic (exact) mass is 403 g/mol. The van der Waals surface area contributed by atoms with Crippen molar-refractivity contribution in [3.05, 3.63) is 30.1 Å². The van der Waals surface area contributed by atoms with Crippen LogP contribution in [0.5, 0.6) is 0 Å². The summed E-state index contributed by atoms with van der Waals surface area (Å²) in [7, 11) is 0. The molecule has 0 N–H and O–H groups in total. The van der Waals surface area contributed by atoms with Crippen LogP contribution >= 0.6 is 0 Å². The van der Waals surface area contributed by atoms with Gasteiger partial charge in [0.25, 0.3) is 0 Å². The summed E-state index contributed by atoms with van der Waals surface area (Å²) in [6.07, 6.45) is 1.48. The number of pyridine rings is 1. The number of piperazine rings is 1. The molecule has 1 aliphatic rings. The lowest BCUT2D eigenvalue weighted by molar-refractivity contribution is -0.137. The molecule has 1 aliphatic heterocycles. The van der Waals surface area contributed by atoms with Crippen molar-refractivity contribution in [1.29, 1.82) is 0 Å². The molecule has 0 saturated carbocycles. The molecule has 2 rings (SSSR count). The first-order valence-electron chi connectivity index (χ1n) is 9.70. The highest BCUT2D eigenvalue weighted by molar-refractivity contribution is 5.68. The Hall–Kier alpha value is -1.83. The molecule has 1 fully saturated rings. The number of halogens is 3. The number of hydrogen-bond acceptors (Lipinski definition) is 4. The molecule has 0 bridgehead atoms. The van der Waals surface area contributed by atoms with Crippen molar-refractivity contribution in [3.8, 4) is 0 Å². The van der Waals surface area contributed by atoms with Crippen LogP contribution in [0.2, 0.25) is 0 Å². The number of nitrogens with zero attached hydrogens (tertiary/aromatic N) is 3. The average Bonchev–Trinajstić information content (AvgIpc) is 2.62. The van der Waals surface area contributed by atoms with Gasteiger partial charge < -0.3 is 9.64 Å². The predicted molar refractivity (Wildman–Crippen MR) is 103 cm³/mol. The van der Waals surface area contributed by atoms with E-state index in [0.29, 0.717) is 0 Å². The highest BCUT2D eigenvalue weighted by atomic mass is 19.4. The highest BCUT2D eigenvalue weighted by Gasteiger charge is 2.30. The van der Waals surface area contributed by atoms with E-state index >= 15 is 0 Å². The Balaban J connectivity index is 0.000000330. The maximum absolute atomic E-state index is 11.9. The molecule has 5 nitrogen and oxygen atoms in total. The van der Waals surface area contributed by atoms with Crippen molar-refractivity contribution in [2.75, 3.05) is 32.7 Å². The maximum Gasteiger partial charge on any atom is 0.417 e. The minimum Gasteiger partial charge on any atom is -0.444 e. The average molecular weight is 403 g/mol. The molecule has 1 aromatic heterocycles. The van der Waals surface area contributed by atoms with Gasteiger partial charge in [-0.05, 0) is 45.9 Å². The molecule has 0 atom stereocenters. The van der Waals surface area contributed by atoms with Gasteiger partial charge in [0.15, 0.2) is 0 Å². The summed E-state index contributed by atoms with van der Waals surface area (Å²) in [5, 5.41) is 0. The van der Waals surface area contributed by atoms with E-state index in [1.807, 2.05) is 25.7 Å². The second-order valence-corrected chi connectivity index (χ2v) is 7.76. The summed E-state index contributed by atoms with van der Waals surface area (Å²) >= 11 is 0. The highest BCUT2D eigenvalue weighted by Crippen LogP contribution is 2.27. The Kier molecular flexibility index (Phi) is 9.72. The van der Waals surface area contributed by atoms with E-state index in [0.717, 1.165) is 45.0 Å². The van der Waals surface area contributed by atoms with Crippen LogP contribution in [-0.2, 0) is 10.9 Å². The number of amides is 1. The molecule has 0 aromatic carbocycles. The fraction of sp³-hybridized carbons (Fsp3) is 0.700. The molecule has 0 unspecified atom stereocenters. The van der Waals surface area contributed by atoms with Gasteiger partial charge in [-0.1, -0.05) is 19.8 Å². The van der Waals surface area contributed by atoms with Crippen molar-refractivity contribution < 1.29 is 22.7 Å². The van der Waals surface area contributed by atoms with E-state index in [4.69, 9.17) is 4.74 Å². The number of rotatable bonds is 4. The largest absolute Gasteiger partial charge is 0.444 e. The van der Waals surface area contributed by atoms with Crippen LogP contribution in [0.15, 0.2) is 24.5 Å². The van der Waals surface area contributed by atoms with Gasteiger partial charge in [0.2, 0.25) is 0 Å². The fourth-order valence-electron chi connectivity index (χ4n) is 2.60. The third kappa shape index (κ3) is 9.92. The second kappa shape index (κ2) is 11.2. The molecule has 0 aliphatic carbocycles. The first-order chi connectivity index (χ1) is 13.0.